The van der Waals surface area contributed by atoms with Gasteiger partial charge in [-0.15, -0.1) is 11.3 Å². The minimum Gasteiger partial charge on any atom is -0.454 e. The molecule has 3 aromatic carbocycles. The van der Waals surface area contributed by atoms with Gasteiger partial charge in [-0.3, -0.25) is 0 Å². The van der Waals surface area contributed by atoms with Crippen molar-refractivity contribution in [2.45, 2.75) is 6.92 Å². The maximum atomic E-state index is 6.17. The summed E-state index contributed by atoms with van der Waals surface area (Å²) in [5, 5.41) is 0.880. The fourth-order valence-corrected chi connectivity index (χ4v) is 3.46. The maximum absolute atomic E-state index is 6.17. The minimum absolute atomic E-state index is 0.760. The van der Waals surface area contributed by atoms with E-state index in [4.69, 9.17) is 9.72 Å². The number of hydrogen-bond acceptors (Lipinski definition) is 3. The molecule has 0 fully saturated rings. The molecule has 0 spiro atoms. The lowest BCUT2D eigenvalue weighted by molar-refractivity contribution is 0.518. The SMILES string of the molecule is Cc1ccc(/C=C(\Oc2ccccc2)c2nc3ccccc3s2)cc1. The number of fused-ring (bicyclic) bond motifs is 1. The third kappa shape index (κ3) is 3.62. The molecular formula is C22H17NOS. The Morgan fingerprint density at radius 1 is 0.880 bits per heavy atom. The molecule has 2 nitrogen and oxygen atoms in total. The predicted molar refractivity (Wildman–Crippen MR) is 106 cm³/mol. The number of aryl methyl sites for hydroxylation is 1. The van der Waals surface area contributed by atoms with Crippen LogP contribution in [0.15, 0.2) is 78.9 Å². The van der Waals surface area contributed by atoms with Crippen LogP contribution >= 0.6 is 11.3 Å². The molecule has 122 valence electrons. The summed E-state index contributed by atoms with van der Waals surface area (Å²) in [6.45, 7) is 2.09. The summed E-state index contributed by atoms with van der Waals surface area (Å²) < 4.78 is 7.33. The first-order chi connectivity index (χ1) is 12.3. The highest BCUT2D eigenvalue weighted by Gasteiger charge is 2.11. The normalized spacial score (nSPS) is 11.6. The van der Waals surface area contributed by atoms with E-state index in [0.29, 0.717) is 0 Å². The van der Waals surface area contributed by atoms with E-state index in [1.807, 2.05) is 54.6 Å². The zero-order chi connectivity index (χ0) is 17.1. The first kappa shape index (κ1) is 15.6. The van der Waals surface area contributed by atoms with E-state index < -0.39 is 0 Å². The topological polar surface area (TPSA) is 22.1 Å². The number of thiazole rings is 1. The van der Waals surface area contributed by atoms with E-state index in [-0.39, 0.29) is 0 Å². The first-order valence-corrected chi connectivity index (χ1v) is 8.97. The van der Waals surface area contributed by atoms with Gasteiger partial charge in [0.15, 0.2) is 10.8 Å². The van der Waals surface area contributed by atoms with E-state index in [1.54, 1.807) is 11.3 Å². The fraction of sp³-hybridized carbons (Fsp3) is 0.0455. The van der Waals surface area contributed by atoms with Crippen molar-refractivity contribution in [2.24, 2.45) is 0 Å². The number of aromatic nitrogens is 1. The standard InChI is InChI=1S/C22H17NOS/c1-16-11-13-17(14-12-16)15-20(24-18-7-3-2-4-8-18)22-23-19-9-5-6-10-21(19)25-22/h2-15H,1H3/b20-15-. The Hall–Kier alpha value is -2.91. The number of rotatable bonds is 4. The molecule has 4 rings (SSSR count). The molecular weight excluding hydrogens is 326 g/mol. The second kappa shape index (κ2) is 6.91. The van der Waals surface area contributed by atoms with E-state index in [1.165, 1.54) is 5.56 Å². The van der Waals surface area contributed by atoms with Crippen LogP contribution in [0.4, 0.5) is 0 Å². The largest absolute Gasteiger partial charge is 0.454 e. The van der Waals surface area contributed by atoms with Crippen molar-refractivity contribution in [2.75, 3.05) is 0 Å². The molecule has 3 heteroatoms. The van der Waals surface area contributed by atoms with Crippen LogP contribution in [0.1, 0.15) is 16.1 Å². The van der Waals surface area contributed by atoms with Gasteiger partial charge >= 0.3 is 0 Å². The van der Waals surface area contributed by atoms with E-state index in [2.05, 4.69) is 37.3 Å². The summed E-state index contributed by atoms with van der Waals surface area (Å²) in [6, 6.07) is 26.4. The molecule has 0 aliphatic heterocycles. The lowest BCUT2D eigenvalue weighted by Crippen LogP contribution is -1.94. The van der Waals surface area contributed by atoms with Crippen LogP contribution < -0.4 is 4.74 Å². The van der Waals surface area contributed by atoms with Gasteiger partial charge in [-0.05, 0) is 42.8 Å². The van der Waals surface area contributed by atoms with Gasteiger partial charge in [0.1, 0.15) is 5.75 Å². The Balaban J connectivity index is 1.78. The second-order valence-corrected chi connectivity index (χ2v) is 6.85. The third-order valence-electron chi connectivity index (χ3n) is 3.85. The maximum Gasteiger partial charge on any atom is 0.163 e. The molecule has 0 aliphatic rings. The van der Waals surface area contributed by atoms with Crippen molar-refractivity contribution in [3.8, 4) is 5.75 Å². The lowest BCUT2D eigenvalue weighted by atomic mass is 10.1. The highest BCUT2D eigenvalue weighted by atomic mass is 32.1. The highest BCUT2D eigenvalue weighted by molar-refractivity contribution is 7.19. The molecule has 0 saturated carbocycles. The summed E-state index contributed by atoms with van der Waals surface area (Å²) in [5.74, 6) is 1.57. The summed E-state index contributed by atoms with van der Waals surface area (Å²) in [5.41, 5.74) is 3.33. The van der Waals surface area contributed by atoms with Crippen LogP contribution in [0.25, 0.3) is 22.1 Å². The first-order valence-electron chi connectivity index (χ1n) is 8.15. The quantitative estimate of drug-likeness (QED) is 0.413. The van der Waals surface area contributed by atoms with Gasteiger partial charge in [-0.2, -0.15) is 0 Å². The van der Waals surface area contributed by atoms with Gasteiger partial charge in [-0.1, -0.05) is 60.2 Å². The molecule has 0 atom stereocenters. The number of para-hydroxylation sites is 2. The third-order valence-corrected chi connectivity index (χ3v) is 4.90. The summed E-state index contributed by atoms with van der Waals surface area (Å²) >= 11 is 1.64. The average Bonchev–Trinajstić information content (AvgIpc) is 3.08. The van der Waals surface area contributed by atoms with Crippen LogP contribution in [-0.4, -0.2) is 4.98 Å². The Labute approximate surface area is 151 Å². The highest BCUT2D eigenvalue weighted by Crippen LogP contribution is 2.30. The Morgan fingerprint density at radius 3 is 2.36 bits per heavy atom. The molecule has 4 aromatic rings. The molecule has 0 radical (unpaired) electrons. The number of hydrogen-bond donors (Lipinski definition) is 0. The van der Waals surface area contributed by atoms with Crippen molar-refractivity contribution in [1.29, 1.82) is 0 Å². The van der Waals surface area contributed by atoms with Gasteiger partial charge in [0, 0.05) is 0 Å². The van der Waals surface area contributed by atoms with E-state index >= 15 is 0 Å². The van der Waals surface area contributed by atoms with Crippen LogP contribution in [-0.2, 0) is 0 Å². The second-order valence-electron chi connectivity index (χ2n) is 5.82. The molecule has 1 aromatic heterocycles. The van der Waals surface area contributed by atoms with Crippen LogP contribution in [0.3, 0.4) is 0 Å². The fourth-order valence-electron chi connectivity index (χ4n) is 2.54. The number of benzene rings is 3. The molecule has 0 bridgehead atoms. The molecule has 0 unspecified atom stereocenters. The van der Waals surface area contributed by atoms with Gasteiger partial charge in [-0.25, -0.2) is 4.98 Å². The van der Waals surface area contributed by atoms with Crippen LogP contribution in [0, 0.1) is 6.92 Å². The molecule has 0 aliphatic carbocycles. The monoisotopic (exact) mass is 343 g/mol. The molecule has 25 heavy (non-hydrogen) atoms. The van der Waals surface area contributed by atoms with Crippen molar-refractivity contribution in [3.05, 3.63) is 95.0 Å². The van der Waals surface area contributed by atoms with E-state index in [0.717, 1.165) is 32.3 Å². The van der Waals surface area contributed by atoms with Crippen molar-refractivity contribution in [1.82, 2.24) is 4.98 Å². The summed E-state index contributed by atoms with van der Waals surface area (Å²) in [7, 11) is 0. The van der Waals surface area contributed by atoms with Gasteiger partial charge in [0.25, 0.3) is 0 Å². The van der Waals surface area contributed by atoms with Gasteiger partial charge in [0.05, 0.1) is 10.2 Å². The molecule has 0 amide bonds. The zero-order valence-electron chi connectivity index (χ0n) is 13.8. The lowest BCUT2D eigenvalue weighted by Gasteiger charge is -2.08. The molecule has 0 N–H and O–H groups in total. The smallest absolute Gasteiger partial charge is 0.163 e. The molecule has 0 saturated heterocycles. The number of nitrogens with zero attached hydrogens (tertiary/aromatic N) is 1. The van der Waals surface area contributed by atoms with Crippen molar-refractivity contribution >= 4 is 33.4 Å². The number of ether oxygens (including phenoxy) is 1. The van der Waals surface area contributed by atoms with Gasteiger partial charge < -0.3 is 4.74 Å². The van der Waals surface area contributed by atoms with Gasteiger partial charge in [0.2, 0.25) is 0 Å². The Kier molecular flexibility index (Phi) is 4.32. The van der Waals surface area contributed by atoms with Crippen LogP contribution in [0.5, 0.6) is 5.75 Å². The average molecular weight is 343 g/mol. The summed E-state index contributed by atoms with van der Waals surface area (Å²) in [4.78, 5) is 4.75. The minimum atomic E-state index is 0.760. The summed E-state index contributed by atoms with van der Waals surface area (Å²) in [6.07, 6.45) is 2.05. The predicted octanol–water partition coefficient (Wildman–Crippen LogP) is 6.18. The van der Waals surface area contributed by atoms with E-state index in [9.17, 15) is 0 Å². The Morgan fingerprint density at radius 2 is 1.60 bits per heavy atom. The van der Waals surface area contributed by atoms with Crippen LogP contribution in [0.2, 0.25) is 0 Å². The molecule has 1 heterocycles. The zero-order valence-corrected chi connectivity index (χ0v) is 14.7. The van der Waals surface area contributed by atoms with Crippen molar-refractivity contribution in [3.63, 3.8) is 0 Å². The van der Waals surface area contributed by atoms with Crippen molar-refractivity contribution < 1.29 is 4.74 Å². The Bertz CT molecular complexity index is 984.